The van der Waals surface area contributed by atoms with Crippen molar-refractivity contribution in [3.05, 3.63) is 18.0 Å². The molecule has 0 spiro atoms. The molecule has 0 saturated carbocycles. The first kappa shape index (κ1) is 11.1. The molecule has 2 heterocycles. The third-order valence-electron chi connectivity index (χ3n) is 2.92. The SMILES string of the molecule is O=C(NCCN1CCCCC1)c1cn[nH]c1. The van der Waals surface area contributed by atoms with Crippen LogP contribution in [0.25, 0.3) is 0 Å². The number of hydrogen-bond donors (Lipinski definition) is 2. The first-order chi connectivity index (χ1) is 7.86. The zero-order valence-electron chi connectivity index (χ0n) is 9.41. The van der Waals surface area contributed by atoms with Gasteiger partial charge in [-0.2, -0.15) is 5.10 Å². The lowest BCUT2D eigenvalue weighted by molar-refractivity contribution is 0.0946. The van der Waals surface area contributed by atoms with Crippen LogP contribution >= 0.6 is 0 Å². The first-order valence-electron chi connectivity index (χ1n) is 5.85. The van der Waals surface area contributed by atoms with Gasteiger partial charge >= 0.3 is 0 Å². The summed E-state index contributed by atoms with van der Waals surface area (Å²) >= 11 is 0. The molecule has 0 aliphatic carbocycles. The van der Waals surface area contributed by atoms with Crippen LogP contribution in [0.2, 0.25) is 0 Å². The van der Waals surface area contributed by atoms with E-state index in [-0.39, 0.29) is 5.91 Å². The fourth-order valence-electron chi connectivity index (χ4n) is 1.99. The average molecular weight is 222 g/mol. The van der Waals surface area contributed by atoms with Crippen molar-refractivity contribution in [3.8, 4) is 0 Å². The Bertz CT molecular complexity index is 317. The molecule has 1 aliphatic rings. The highest BCUT2D eigenvalue weighted by Crippen LogP contribution is 2.07. The summed E-state index contributed by atoms with van der Waals surface area (Å²) in [6, 6.07) is 0. The fourth-order valence-corrected chi connectivity index (χ4v) is 1.99. The maximum absolute atomic E-state index is 11.6. The number of aromatic nitrogens is 2. The molecule has 1 aromatic heterocycles. The van der Waals surface area contributed by atoms with Crippen molar-refractivity contribution in [1.82, 2.24) is 20.4 Å². The zero-order valence-corrected chi connectivity index (χ0v) is 9.41. The van der Waals surface area contributed by atoms with Gasteiger partial charge in [-0.15, -0.1) is 0 Å². The van der Waals surface area contributed by atoms with Crippen molar-refractivity contribution in [3.63, 3.8) is 0 Å². The Hall–Kier alpha value is -1.36. The Kier molecular flexibility index (Phi) is 3.93. The van der Waals surface area contributed by atoms with Gasteiger partial charge in [0.15, 0.2) is 0 Å². The Morgan fingerprint density at radius 1 is 1.44 bits per heavy atom. The van der Waals surface area contributed by atoms with Gasteiger partial charge in [0.2, 0.25) is 0 Å². The van der Waals surface area contributed by atoms with E-state index in [1.54, 1.807) is 6.20 Å². The monoisotopic (exact) mass is 222 g/mol. The lowest BCUT2D eigenvalue weighted by Gasteiger charge is -2.26. The third kappa shape index (κ3) is 3.06. The van der Waals surface area contributed by atoms with E-state index in [0.29, 0.717) is 12.1 Å². The highest BCUT2D eigenvalue weighted by atomic mass is 16.1. The Morgan fingerprint density at radius 3 is 2.94 bits per heavy atom. The number of amides is 1. The summed E-state index contributed by atoms with van der Waals surface area (Å²) in [5, 5.41) is 9.27. The lowest BCUT2D eigenvalue weighted by Crippen LogP contribution is -2.37. The van der Waals surface area contributed by atoms with E-state index in [2.05, 4.69) is 20.4 Å². The van der Waals surface area contributed by atoms with Gasteiger partial charge in [0, 0.05) is 19.3 Å². The van der Waals surface area contributed by atoms with Crippen molar-refractivity contribution < 1.29 is 4.79 Å². The van der Waals surface area contributed by atoms with Gasteiger partial charge in [0.1, 0.15) is 0 Å². The molecule has 88 valence electrons. The van der Waals surface area contributed by atoms with Gasteiger partial charge in [-0.25, -0.2) is 0 Å². The molecule has 0 atom stereocenters. The molecule has 2 N–H and O–H groups in total. The molecule has 2 rings (SSSR count). The predicted octanol–water partition coefficient (Wildman–Crippen LogP) is 0.625. The summed E-state index contributed by atoms with van der Waals surface area (Å²) in [6.07, 6.45) is 7.07. The van der Waals surface area contributed by atoms with Crippen molar-refractivity contribution in [2.45, 2.75) is 19.3 Å². The molecule has 5 nitrogen and oxygen atoms in total. The first-order valence-corrected chi connectivity index (χ1v) is 5.85. The quantitative estimate of drug-likeness (QED) is 0.785. The molecule has 1 amide bonds. The number of likely N-dealkylation sites (tertiary alicyclic amines) is 1. The summed E-state index contributed by atoms with van der Waals surface area (Å²) in [7, 11) is 0. The standard InChI is InChI=1S/C11H18N4O/c16-11(10-8-13-14-9-10)12-4-7-15-5-2-1-3-6-15/h8-9H,1-7H2,(H,12,16)(H,13,14). The smallest absolute Gasteiger partial charge is 0.254 e. The summed E-state index contributed by atoms with van der Waals surface area (Å²) in [5.41, 5.74) is 0.596. The number of hydrogen-bond acceptors (Lipinski definition) is 3. The summed E-state index contributed by atoms with van der Waals surface area (Å²) in [5.74, 6) is -0.0502. The minimum atomic E-state index is -0.0502. The number of aromatic amines is 1. The number of rotatable bonds is 4. The molecule has 0 aromatic carbocycles. The van der Waals surface area contributed by atoms with E-state index in [4.69, 9.17) is 0 Å². The van der Waals surface area contributed by atoms with Crippen LogP contribution in [0.4, 0.5) is 0 Å². The van der Waals surface area contributed by atoms with Gasteiger partial charge in [-0.05, 0) is 25.9 Å². The van der Waals surface area contributed by atoms with Crippen LogP contribution in [-0.4, -0.2) is 47.2 Å². The van der Waals surface area contributed by atoms with Crippen LogP contribution in [0, 0.1) is 0 Å². The van der Waals surface area contributed by atoms with Crippen LogP contribution in [0.3, 0.4) is 0 Å². The van der Waals surface area contributed by atoms with Gasteiger partial charge in [0.05, 0.1) is 11.8 Å². The molecule has 0 bridgehead atoms. The van der Waals surface area contributed by atoms with Crippen molar-refractivity contribution in [2.75, 3.05) is 26.2 Å². The van der Waals surface area contributed by atoms with Crippen LogP contribution in [0.15, 0.2) is 12.4 Å². The Labute approximate surface area is 95.2 Å². The maximum atomic E-state index is 11.6. The van der Waals surface area contributed by atoms with Crippen molar-refractivity contribution in [1.29, 1.82) is 0 Å². The van der Waals surface area contributed by atoms with E-state index in [0.717, 1.165) is 6.54 Å². The Balaban J connectivity index is 1.66. The van der Waals surface area contributed by atoms with Crippen molar-refractivity contribution in [2.24, 2.45) is 0 Å². The Morgan fingerprint density at radius 2 is 2.25 bits per heavy atom. The second-order valence-corrected chi connectivity index (χ2v) is 4.15. The molecule has 0 unspecified atom stereocenters. The predicted molar refractivity (Wildman–Crippen MR) is 61.2 cm³/mol. The second-order valence-electron chi connectivity index (χ2n) is 4.15. The molecule has 0 radical (unpaired) electrons. The van der Waals surface area contributed by atoms with Gasteiger partial charge in [-0.1, -0.05) is 6.42 Å². The largest absolute Gasteiger partial charge is 0.351 e. The molecule has 16 heavy (non-hydrogen) atoms. The summed E-state index contributed by atoms with van der Waals surface area (Å²) < 4.78 is 0. The van der Waals surface area contributed by atoms with E-state index in [1.165, 1.54) is 38.5 Å². The molecule has 1 saturated heterocycles. The zero-order chi connectivity index (χ0) is 11.2. The minimum absolute atomic E-state index is 0.0502. The highest BCUT2D eigenvalue weighted by Gasteiger charge is 2.10. The van der Waals surface area contributed by atoms with Crippen molar-refractivity contribution >= 4 is 5.91 Å². The van der Waals surface area contributed by atoms with Gasteiger partial charge in [-0.3, -0.25) is 9.89 Å². The number of piperidine rings is 1. The fraction of sp³-hybridized carbons (Fsp3) is 0.636. The third-order valence-corrected chi connectivity index (χ3v) is 2.92. The number of H-pyrrole nitrogens is 1. The molecular formula is C11H18N4O. The molecule has 1 aromatic rings. The summed E-state index contributed by atoms with van der Waals surface area (Å²) in [6.45, 7) is 4.00. The van der Waals surface area contributed by atoms with Crippen LogP contribution in [0.1, 0.15) is 29.6 Å². The van der Waals surface area contributed by atoms with Crippen LogP contribution < -0.4 is 5.32 Å². The maximum Gasteiger partial charge on any atom is 0.254 e. The van der Waals surface area contributed by atoms with E-state index in [9.17, 15) is 4.79 Å². The normalized spacial score (nSPS) is 17.2. The number of nitrogens with zero attached hydrogens (tertiary/aromatic N) is 2. The molecule has 1 fully saturated rings. The van der Waals surface area contributed by atoms with E-state index < -0.39 is 0 Å². The number of carbonyl (C=O) groups is 1. The number of nitrogens with one attached hydrogen (secondary N) is 2. The van der Waals surface area contributed by atoms with E-state index in [1.807, 2.05) is 0 Å². The topological polar surface area (TPSA) is 61.0 Å². The second kappa shape index (κ2) is 5.65. The lowest BCUT2D eigenvalue weighted by atomic mass is 10.1. The highest BCUT2D eigenvalue weighted by molar-refractivity contribution is 5.93. The van der Waals surface area contributed by atoms with Crippen LogP contribution in [-0.2, 0) is 0 Å². The average Bonchev–Trinajstić information content (AvgIpc) is 2.84. The molecular weight excluding hydrogens is 204 g/mol. The molecule has 5 heteroatoms. The van der Waals surface area contributed by atoms with Gasteiger partial charge in [0.25, 0.3) is 5.91 Å². The van der Waals surface area contributed by atoms with Crippen LogP contribution in [0.5, 0.6) is 0 Å². The van der Waals surface area contributed by atoms with E-state index >= 15 is 0 Å². The minimum Gasteiger partial charge on any atom is -0.351 e. The van der Waals surface area contributed by atoms with Gasteiger partial charge < -0.3 is 10.2 Å². The summed E-state index contributed by atoms with van der Waals surface area (Å²) in [4.78, 5) is 14.0. The molecule has 1 aliphatic heterocycles. The number of carbonyl (C=O) groups excluding carboxylic acids is 1.